The third-order valence-electron chi connectivity index (χ3n) is 4.46. The summed E-state index contributed by atoms with van der Waals surface area (Å²) in [7, 11) is 1.60. The Hall–Kier alpha value is -3.08. The Bertz CT molecular complexity index is 1140. The minimum Gasteiger partial charge on any atom is -0.497 e. The molecular formula is C23H16Cl2N2O2. The number of aliphatic imine (C=N–C) groups is 1. The highest BCUT2D eigenvalue weighted by molar-refractivity contribution is 6.39. The molecule has 1 amide bonds. The van der Waals surface area contributed by atoms with Gasteiger partial charge in [0.1, 0.15) is 17.3 Å². The molecule has 0 bridgehead atoms. The smallest absolute Gasteiger partial charge is 0.282 e. The van der Waals surface area contributed by atoms with Gasteiger partial charge in [-0.1, -0.05) is 47.5 Å². The van der Waals surface area contributed by atoms with Crippen molar-refractivity contribution in [3.8, 4) is 5.75 Å². The van der Waals surface area contributed by atoms with Crippen LogP contribution < -0.4 is 9.64 Å². The van der Waals surface area contributed by atoms with Crippen molar-refractivity contribution in [1.29, 1.82) is 0 Å². The molecule has 6 heteroatoms. The second-order valence-corrected chi connectivity index (χ2v) is 7.18. The predicted molar refractivity (Wildman–Crippen MR) is 118 cm³/mol. The standard InChI is InChI=1S/C23H16Cl2N2O2/c1-29-18-6-4-5-15(13-18)14-21-23(28)27(17-11-9-16(24)10-12-17)22(26-21)19-7-2-3-8-20(19)25/h2-14H,1H3/b21-14+. The predicted octanol–water partition coefficient (Wildman–Crippen LogP) is 5.84. The number of hydrogen-bond donors (Lipinski definition) is 0. The summed E-state index contributed by atoms with van der Waals surface area (Å²) in [6.07, 6.45) is 1.73. The lowest BCUT2D eigenvalue weighted by atomic mass is 10.1. The Morgan fingerprint density at radius 1 is 0.966 bits per heavy atom. The second kappa shape index (κ2) is 8.11. The highest BCUT2D eigenvalue weighted by Crippen LogP contribution is 2.31. The molecule has 144 valence electrons. The van der Waals surface area contributed by atoms with E-state index in [9.17, 15) is 4.79 Å². The van der Waals surface area contributed by atoms with Crippen molar-refractivity contribution in [2.75, 3.05) is 12.0 Å². The van der Waals surface area contributed by atoms with E-state index in [-0.39, 0.29) is 5.91 Å². The van der Waals surface area contributed by atoms with Gasteiger partial charge in [0, 0.05) is 10.6 Å². The number of rotatable bonds is 4. The molecule has 0 aromatic heterocycles. The zero-order valence-corrected chi connectivity index (χ0v) is 17.0. The van der Waals surface area contributed by atoms with Gasteiger partial charge in [0.15, 0.2) is 0 Å². The van der Waals surface area contributed by atoms with E-state index in [4.69, 9.17) is 27.9 Å². The Morgan fingerprint density at radius 3 is 2.45 bits per heavy atom. The number of benzene rings is 3. The average molecular weight is 423 g/mol. The van der Waals surface area contributed by atoms with Crippen LogP contribution in [0, 0.1) is 0 Å². The van der Waals surface area contributed by atoms with Gasteiger partial charge in [-0.05, 0) is 60.2 Å². The fraction of sp³-hybridized carbons (Fsp3) is 0.0435. The average Bonchev–Trinajstić information content (AvgIpc) is 3.05. The summed E-state index contributed by atoms with van der Waals surface area (Å²) >= 11 is 12.4. The van der Waals surface area contributed by atoms with E-state index in [1.54, 1.807) is 48.4 Å². The number of amidine groups is 1. The summed E-state index contributed by atoms with van der Waals surface area (Å²) in [6, 6.07) is 21.8. The molecule has 0 fully saturated rings. The molecule has 4 rings (SSSR count). The van der Waals surface area contributed by atoms with E-state index >= 15 is 0 Å². The summed E-state index contributed by atoms with van der Waals surface area (Å²) in [5, 5.41) is 1.10. The normalized spacial score (nSPS) is 15.0. The first-order valence-electron chi connectivity index (χ1n) is 8.86. The van der Waals surface area contributed by atoms with Gasteiger partial charge in [0.05, 0.1) is 17.8 Å². The van der Waals surface area contributed by atoms with Gasteiger partial charge in [-0.15, -0.1) is 0 Å². The van der Waals surface area contributed by atoms with Crippen molar-refractivity contribution in [2.24, 2.45) is 4.99 Å². The van der Waals surface area contributed by atoms with E-state index in [1.165, 1.54) is 0 Å². The van der Waals surface area contributed by atoms with Crippen LogP contribution in [0.3, 0.4) is 0 Å². The number of anilines is 1. The molecule has 0 N–H and O–H groups in total. The molecule has 0 aliphatic carbocycles. The van der Waals surface area contributed by atoms with Gasteiger partial charge in [0.25, 0.3) is 5.91 Å². The summed E-state index contributed by atoms with van der Waals surface area (Å²) in [5.41, 5.74) is 2.45. The third kappa shape index (κ3) is 3.90. The molecule has 1 aliphatic heterocycles. The van der Waals surface area contributed by atoms with Crippen LogP contribution in [0.2, 0.25) is 10.0 Å². The molecule has 0 radical (unpaired) electrons. The van der Waals surface area contributed by atoms with Gasteiger partial charge >= 0.3 is 0 Å². The number of ether oxygens (including phenoxy) is 1. The molecule has 0 spiro atoms. The number of carbonyl (C=O) groups is 1. The first-order valence-corrected chi connectivity index (χ1v) is 9.62. The quantitative estimate of drug-likeness (QED) is 0.495. The number of halogens is 2. The largest absolute Gasteiger partial charge is 0.497 e. The number of nitrogens with zero attached hydrogens (tertiary/aromatic N) is 2. The van der Waals surface area contributed by atoms with E-state index < -0.39 is 0 Å². The fourth-order valence-corrected chi connectivity index (χ4v) is 3.40. The molecule has 0 atom stereocenters. The van der Waals surface area contributed by atoms with E-state index in [0.29, 0.717) is 38.6 Å². The van der Waals surface area contributed by atoms with Crippen molar-refractivity contribution in [2.45, 2.75) is 0 Å². The highest BCUT2D eigenvalue weighted by atomic mass is 35.5. The molecule has 1 heterocycles. The number of carbonyl (C=O) groups excluding carboxylic acids is 1. The first kappa shape index (κ1) is 19.2. The summed E-state index contributed by atoms with van der Waals surface area (Å²) in [6.45, 7) is 0. The van der Waals surface area contributed by atoms with Crippen molar-refractivity contribution >= 4 is 46.7 Å². The number of methoxy groups -OCH3 is 1. The van der Waals surface area contributed by atoms with Crippen LogP contribution in [0.1, 0.15) is 11.1 Å². The van der Waals surface area contributed by atoms with Crippen molar-refractivity contribution < 1.29 is 9.53 Å². The van der Waals surface area contributed by atoms with Gasteiger partial charge < -0.3 is 4.74 Å². The second-order valence-electron chi connectivity index (χ2n) is 6.34. The zero-order valence-electron chi connectivity index (χ0n) is 15.5. The molecule has 29 heavy (non-hydrogen) atoms. The van der Waals surface area contributed by atoms with Crippen molar-refractivity contribution in [1.82, 2.24) is 0 Å². The van der Waals surface area contributed by atoms with Crippen LogP contribution in [0.25, 0.3) is 6.08 Å². The lowest BCUT2D eigenvalue weighted by Gasteiger charge is -2.19. The Morgan fingerprint density at radius 2 is 1.72 bits per heavy atom. The zero-order chi connectivity index (χ0) is 20.4. The maximum atomic E-state index is 13.3. The summed E-state index contributed by atoms with van der Waals surface area (Å²) < 4.78 is 5.26. The molecule has 0 unspecified atom stereocenters. The molecule has 1 aliphatic rings. The molecule has 0 saturated carbocycles. The minimum atomic E-state index is -0.245. The molecule has 3 aromatic rings. The third-order valence-corrected chi connectivity index (χ3v) is 5.04. The van der Waals surface area contributed by atoms with Crippen molar-refractivity contribution in [3.63, 3.8) is 0 Å². The molecule has 3 aromatic carbocycles. The topological polar surface area (TPSA) is 41.9 Å². The minimum absolute atomic E-state index is 0.245. The van der Waals surface area contributed by atoms with Crippen LogP contribution in [-0.4, -0.2) is 18.9 Å². The highest BCUT2D eigenvalue weighted by Gasteiger charge is 2.33. The first-order chi connectivity index (χ1) is 14.1. The maximum Gasteiger partial charge on any atom is 0.282 e. The van der Waals surface area contributed by atoms with Gasteiger partial charge in [-0.3, -0.25) is 9.69 Å². The van der Waals surface area contributed by atoms with Gasteiger partial charge in [0.2, 0.25) is 0 Å². The van der Waals surface area contributed by atoms with Crippen LogP contribution in [0.5, 0.6) is 5.75 Å². The van der Waals surface area contributed by atoms with Crippen molar-refractivity contribution in [3.05, 3.63) is 99.7 Å². The van der Waals surface area contributed by atoms with E-state index in [1.807, 2.05) is 42.5 Å². The van der Waals surface area contributed by atoms with Crippen LogP contribution >= 0.6 is 23.2 Å². The molecule has 4 nitrogen and oxygen atoms in total. The monoisotopic (exact) mass is 422 g/mol. The lowest BCUT2D eigenvalue weighted by molar-refractivity contribution is -0.113. The van der Waals surface area contributed by atoms with Crippen LogP contribution in [-0.2, 0) is 4.79 Å². The summed E-state index contributed by atoms with van der Waals surface area (Å²) in [4.78, 5) is 19.5. The molecular weight excluding hydrogens is 407 g/mol. The van der Waals surface area contributed by atoms with E-state index in [2.05, 4.69) is 4.99 Å². The lowest BCUT2D eigenvalue weighted by Crippen LogP contribution is -2.32. The maximum absolute atomic E-state index is 13.3. The summed E-state index contributed by atoms with van der Waals surface area (Å²) in [5.74, 6) is 0.928. The number of hydrogen-bond acceptors (Lipinski definition) is 3. The molecule has 0 saturated heterocycles. The van der Waals surface area contributed by atoms with Crippen LogP contribution in [0.4, 0.5) is 5.69 Å². The van der Waals surface area contributed by atoms with Gasteiger partial charge in [-0.2, -0.15) is 0 Å². The fourth-order valence-electron chi connectivity index (χ4n) is 3.06. The van der Waals surface area contributed by atoms with E-state index in [0.717, 1.165) is 5.56 Å². The SMILES string of the molecule is COc1cccc(/C=C2/N=C(c3ccccc3Cl)N(c3ccc(Cl)cc3)C2=O)c1. The van der Waals surface area contributed by atoms with Crippen LogP contribution in [0.15, 0.2) is 83.5 Å². The Labute approximate surface area is 178 Å². The Balaban J connectivity index is 1.84. The number of amides is 1. The Kier molecular flexibility index (Phi) is 5.38. The van der Waals surface area contributed by atoms with Gasteiger partial charge in [-0.25, -0.2) is 4.99 Å².